The van der Waals surface area contributed by atoms with Gasteiger partial charge < -0.3 is 20.5 Å². The Morgan fingerprint density at radius 3 is 2.65 bits per heavy atom. The highest BCUT2D eigenvalue weighted by Gasteiger charge is 2.27. The zero-order valence-corrected chi connectivity index (χ0v) is 14.2. The van der Waals surface area contributed by atoms with E-state index in [4.69, 9.17) is 15.2 Å². The molecule has 23 heavy (non-hydrogen) atoms. The second kappa shape index (κ2) is 9.05. The molecule has 0 aliphatic carbocycles. The average molecular weight is 347 g/mol. The maximum Gasteiger partial charge on any atom is 0.237 e. The maximum atomic E-state index is 13.7. The summed E-state index contributed by atoms with van der Waals surface area (Å²) in [6.07, 6.45) is 1.58. The van der Waals surface area contributed by atoms with Gasteiger partial charge in [-0.05, 0) is 43.4 Å². The van der Waals surface area contributed by atoms with Crippen molar-refractivity contribution in [1.29, 1.82) is 0 Å². The zero-order chi connectivity index (χ0) is 16.1. The lowest BCUT2D eigenvalue weighted by atomic mass is 9.91. The van der Waals surface area contributed by atoms with Crippen LogP contribution in [0.25, 0.3) is 0 Å². The van der Waals surface area contributed by atoms with Gasteiger partial charge in [-0.1, -0.05) is 6.07 Å². The van der Waals surface area contributed by atoms with E-state index in [1.807, 2.05) is 0 Å². The van der Waals surface area contributed by atoms with E-state index in [9.17, 15) is 9.18 Å². The topological polar surface area (TPSA) is 73.6 Å². The summed E-state index contributed by atoms with van der Waals surface area (Å²) in [5.41, 5.74) is 6.70. The fourth-order valence-corrected chi connectivity index (χ4v) is 2.63. The smallest absolute Gasteiger partial charge is 0.237 e. The van der Waals surface area contributed by atoms with Crippen LogP contribution in [0, 0.1) is 11.7 Å². The number of methoxy groups -OCH3 is 1. The second-order valence-electron chi connectivity index (χ2n) is 5.60. The van der Waals surface area contributed by atoms with Gasteiger partial charge >= 0.3 is 0 Å². The van der Waals surface area contributed by atoms with E-state index in [0.717, 1.165) is 12.8 Å². The Labute approximate surface area is 142 Å². The van der Waals surface area contributed by atoms with Gasteiger partial charge in [0.15, 0.2) is 11.6 Å². The zero-order valence-electron chi connectivity index (χ0n) is 13.4. The number of hydrogen-bond donors (Lipinski definition) is 2. The lowest BCUT2D eigenvalue weighted by Crippen LogP contribution is -2.47. The summed E-state index contributed by atoms with van der Waals surface area (Å²) in [6, 6.07) is 3.76. The highest BCUT2D eigenvalue weighted by atomic mass is 35.5. The molecule has 1 heterocycles. The molecule has 1 aromatic carbocycles. The Morgan fingerprint density at radius 2 is 2.09 bits per heavy atom. The van der Waals surface area contributed by atoms with Crippen LogP contribution in [0.5, 0.6) is 5.75 Å². The first-order chi connectivity index (χ1) is 10.5. The van der Waals surface area contributed by atoms with Crippen LogP contribution in [-0.2, 0) is 9.53 Å². The van der Waals surface area contributed by atoms with Crippen molar-refractivity contribution in [3.63, 3.8) is 0 Å². The molecule has 1 aliphatic heterocycles. The summed E-state index contributed by atoms with van der Waals surface area (Å²) in [5.74, 6) is -0.347. The molecule has 0 aromatic heterocycles. The van der Waals surface area contributed by atoms with E-state index >= 15 is 0 Å². The van der Waals surface area contributed by atoms with Gasteiger partial charge in [0, 0.05) is 13.2 Å². The Balaban J connectivity index is 0.00000264. The molecule has 130 valence electrons. The number of nitrogens with two attached hydrogens (primary N) is 1. The van der Waals surface area contributed by atoms with E-state index in [-0.39, 0.29) is 36.0 Å². The molecule has 0 radical (unpaired) electrons. The fourth-order valence-electron chi connectivity index (χ4n) is 2.63. The van der Waals surface area contributed by atoms with Gasteiger partial charge in [-0.2, -0.15) is 0 Å². The first-order valence-corrected chi connectivity index (χ1v) is 7.50. The molecule has 0 saturated carbocycles. The van der Waals surface area contributed by atoms with Crippen LogP contribution in [0.2, 0.25) is 0 Å². The molecular formula is C16H24ClFN2O3. The van der Waals surface area contributed by atoms with Crippen LogP contribution in [0.3, 0.4) is 0 Å². The molecule has 0 bridgehead atoms. The molecule has 1 aromatic rings. The van der Waals surface area contributed by atoms with Gasteiger partial charge in [0.1, 0.15) is 0 Å². The molecule has 7 heteroatoms. The summed E-state index contributed by atoms with van der Waals surface area (Å²) >= 11 is 0. The number of rotatable bonds is 5. The van der Waals surface area contributed by atoms with E-state index in [0.29, 0.717) is 18.8 Å². The first kappa shape index (κ1) is 19.7. The standard InChI is InChI=1S/C16H23FN2O3.ClH/c1-10(12-3-4-14(21-2)13(17)9-12)19-16(20)15(18)11-5-7-22-8-6-11;/h3-4,9-11,15H,5-8,18H2,1-2H3,(H,19,20);1H. The molecule has 2 rings (SSSR count). The lowest BCUT2D eigenvalue weighted by Gasteiger charge is -2.28. The summed E-state index contributed by atoms with van der Waals surface area (Å²) in [6.45, 7) is 3.09. The molecule has 5 nitrogen and oxygen atoms in total. The van der Waals surface area contributed by atoms with Crippen molar-refractivity contribution in [1.82, 2.24) is 5.32 Å². The van der Waals surface area contributed by atoms with Crippen molar-refractivity contribution in [3.8, 4) is 5.75 Å². The SMILES string of the molecule is COc1ccc(C(C)NC(=O)C(N)C2CCOCC2)cc1F.Cl. The van der Waals surface area contributed by atoms with Gasteiger partial charge in [0.2, 0.25) is 5.91 Å². The highest BCUT2D eigenvalue weighted by Crippen LogP contribution is 2.22. The van der Waals surface area contributed by atoms with Crippen LogP contribution >= 0.6 is 12.4 Å². The molecule has 1 fully saturated rings. The number of carbonyl (C=O) groups excluding carboxylic acids is 1. The monoisotopic (exact) mass is 346 g/mol. The number of amides is 1. The first-order valence-electron chi connectivity index (χ1n) is 7.50. The quantitative estimate of drug-likeness (QED) is 0.857. The number of halogens is 2. The highest BCUT2D eigenvalue weighted by molar-refractivity contribution is 5.85. The number of hydrogen-bond acceptors (Lipinski definition) is 4. The van der Waals surface area contributed by atoms with E-state index < -0.39 is 11.9 Å². The molecule has 0 spiro atoms. The minimum absolute atomic E-state index is 0. The second-order valence-corrected chi connectivity index (χ2v) is 5.60. The number of ether oxygens (including phenoxy) is 2. The van der Waals surface area contributed by atoms with Crippen molar-refractivity contribution in [2.45, 2.75) is 31.8 Å². The van der Waals surface area contributed by atoms with Gasteiger partial charge in [-0.25, -0.2) is 4.39 Å². The van der Waals surface area contributed by atoms with Crippen LogP contribution in [-0.4, -0.2) is 32.3 Å². The third-order valence-corrected chi connectivity index (χ3v) is 4.11. The lowest BCUT2D eigenvalue weighted by molar-refractivity contribution is -0.125. The van der Waals surface area contributed by atoms with Gasteiger partial charge in [-0.15, -0.1) is 12.4 Å². The average Bonchev–Trinajstić information content (AvgIpc) is 2.54. The number of carbonyl (C=O) groups is 1. The van der Waals surface area contributed by atoms with E-state index in [1.165, 1.54) is 13.2 Å². The van der Waals surface area contributed by atoms with Crippen molar-refractivity contribution in [2.24, 2.45) is 11.7 Å². The third-order valence-electron chi connectivity index (χ3n) is 4.11. The molecule has 3 N–H and O–H groups in total. The molecule has 1 amide bonds. The van der Waals surface area contributed by atoms with Crippen LogP contribution in [0.1, 0.15) is 31.4 Å². The predicted molar refractivity (Wildman–Crippen MR) is 88.3 cm³/mol. The number of benzene rings is 1. The van der Waals surface area contributed by atoms with Crippen molar-refractivity contribution in [2.75, 3.05) is 20.3 Å². The Hall–Kier alpha value is -1.37. The van der Waals surface area contributed by atoms with Gasteiger partial charge in [-0.3, -0.25) is 4.79 Å². The van der Waals surface area contributed by atoms with E-state index in [1.54, 1.807) is 19.1 Å². The third kappa shape index (κ3) is 5.06. The normalized spacial score (nSPS) is 17.7. The maximum absolute atomic E-state index is 13.7. The Kier molecular flexibility index (Phi) is 7.75. The van der Waals surface area contributed by atoms with Crippen molar-refractivity contribution >= 4 is 18.3 Å². The molecule has 1 saturated heterocycles. The Bertz CT molecular complexity index is 524. The van der Waals surface area contributed by atoms with Crippen LogP contribution in [0.15, 0.2) is 18.2 Å². The molecule has 1 aliphatic rings. The van der Waals surface area contributed by atoms with Crippen molar-refractivity contribution in [3.05, 3.63) is 29.6 Å². The largest absolute Gasteiger partial charge is 0.494 e. The summed E-state index contributed by atoms with van der Waals surface area (Å²) in [4.78, 5) is 12.2. The Morgan fingerprint density at radius 1 is 1.43 bits per heavy atom. The molecule has 2 atom stereocenters. The van der Waals surface area contributed by atoms with Crippen LogP contribution in [0.4, 0.5) is 4.39 Å². The van der Waals surface area contributed by atoms with Gasteiger partial charge in [0.25, 0.3) is 0 Å². The van der Waals surface area contributed by atoms with Gasteiger partial charge in [0.05, 0.1) is 19.2 Å². The fraction of sp³-hybridized carbons (Fsp3) is 0.562. The predicted octanol–water partition coefficient (Wildman–Crippen LogP) is 2.19. The summed E-state index contributed by atoms with van der Waals surface area (Å²) in [5, 5.41) is 2.85. The van der Waals surface area contributed by atoms with E-state index in [2.05, 4.69) is 5.32 Å². The number of nitrogens with one attached hydrogen (secondary N) is 1. The van der Waals surface area contributed by atoms with Crippen LogP contribution < -0.4 is 15.8 Å². The minimum Gasteiger partial charge on any atom is -0.494 e. The molecule has 2 unspecified atom stereocenters. The molecular weight excluding hydrogens is 323 g/mol. The van der Waals surface area contributed by atoms with Crippen molar-refractivity contribution < 1.29 is 18.7 Å². The summed E-state index contributed by atoms with van der Waals surface area (Å²) < 4.78 is 23.9. The minimum atomic E-state index is -0.561. The summed E-state index contributed by atoms with van der Waals surface area (Å²) in [7, 11) is 1.41.